The third-order valence-corrected chi connectivity index (χ3v) is 4.16. The standard InChI is InChI=1S/C19H20O3/c1-13-5-4-6-14(11-13)15-9-10-18(17(12-15)19(20)21)22-16-7-2-3-8-16/h4-6,9-12,16H,2-3,7-8H2,1H3,(H,20,21). The molecule has 0 unspecified atom stereocenters. The quantitative estimate of drug-likeness (QED) is 0.891. The second-order valence-corrected chi connectivity index (χ2v) is 5.91. The number of rotatable bonds is 4. The molecule has 1 aliphatic carbocycles. The first-order valence-electron chi connectivity index (χ1n) is 7.74. The summed E-state index contributed by atoms with van der Waals surface area (Å²) >= 11 is 0. The molecule has 2 aromatic rings. The SMILES string of the molecule is Cc1cccc(-c2ccc(OC3CCCC3)c(C(=O)O)c2)c1. The lowest BCUT2D eigenvalue weighted by Gasteiger charge is -2.16. The van der Waals surface area contributed by atoms with E-state index in [9.17, 15) is 9.90 Å². The molecule has 0 saturated heterocycles. The van der Waals surface area contributed by atoms with E-state index in [1.807, 2.05) is 31.2 Å². The van der Waals surface area contributed by atoms with Crippen molar-refractivity contribution in [2.24, 2.45) is 0 Å². The summed E-state index contributed by atoms with van der Waals surface area (Å²) in [5, 5.41) is 9.49. The number of carboxylic acid groups (broad SMARTS) is 1. The lowest BCUT2D eigenvalue weighted by atomic mass is 10.0. The van der Waals surface area contributed by atoms with E-state index in [-0.39, 0.29) is 11.7 Å². The van der Waals surface area contributed by atoms with Gasteiger partial charge in [0.15, 0.2) is 0 Å². The number of aryl methyl sites for hydroxylation is 1. The Morgan fingerprint density at radius 1 is 1.09 bits per heavy atom. The third-order valence-electron chi connectivity index (χ3n) is 4.16. The van der Waals surface area contributed by atoms with Gasteiger partial charge in [-0.2, -0.15) is 0 Å². The van der Waals surface area contributed by atoms with Crippen LogP contribution >= 0.6 is 0 Å². The highest BCUT2D eigenvalue weighted by Gasteiger charge is 2.20. The van der Waals surface area contributed by atoms with Crippen molar-refractivity contribution < 1.29 is 14.6 Å². The van der Waals surface area contributed by atoms with Gasteiger partial charge in [-0.25, -0.2) is 4.79 Å². The van der Waals surface area contributed by atoms with Crippen molar-refractivity contribution in [1.82, 2.24) is 0 Å². The maximum Gasteiger partial charge on any atom is 0.339 e. The average Bonchev–Trinajstić information content (AvgIpc) is 3.00. The second kappa shape index (κ2) is 6.22. The molecule has 0 aromatic heterocycles. The molecule has 0 bridgehead atoms. The molecule has 0 amide bonds. The number of hydrogen-bond donors (Lipinski definition) is 1. The largest absolute Gasteiger partial charge is 0.490 e. The van der Waals surface area contributed by atoms with E-state index in [2.05, 4.69) is 6.07 Å². The van der Waals surface area contributed by atoms with Crippen molar-refractivity contribution in [3.8, 4) is 16.9 Å². The fraction of sp³-hybridized carbons (Fsp3) is 0.316. The summed E-state index contributed by atoms with van der Waals surface area (Å²) in [5.74, 6) is -0.460. The van der Waals surface area contributed by atoms with Crippen LogP contribution in [0.2, 0.25) is 0 Å². The van der Waals surface area contributed by atoms with Gasteiger partial charge in [-0.05, 0) is 55.9 Å². The minimum atomic E-state index is -0.942. The summed E-state index contributed by atoms with van der Waals surface area (Å²) in [5.41, 5.74) is 3.32. The smallest absolute Gasteiger partial charge is 0.339 e. The van der Waals surface area contributed by atoms with Gasteiger partial charge in [0.25, 0.3) is 0 Å². The molecule has 0 spiro atoms. The first kappa shape index (κ1) is 14.6. The van der Waals surface area contributed by atoms with Crippen LogP contribution < -0.4 is 4.74 Å². The van der Waals surface area contributed by atoms with Crippen LogP contribution in [0.4, 0.5) is 0 Å². The van der Waals surface area contributed by atoms with Gasteiger partial charge in [0.05, 0.1) is 6.10 Å². The van der Waals surface area contributed by atoms with E-state index in [1.54, 1.807) is 12.1 Å². The fourth-order valence-electron chi connectivity index (χ4n) is 2.99. The number of carbonyl (C=O) groups is 1. The topological polar surface area (TPSA) is 46.5 Å². The molecular weight excluding hydrogens is 276 g/mol. The van der Waals surface area contributed by atoms with Gasteiger partial charge in [0, 0.05) is 0 Å². The summed E-state index contributed by atoms with van der Waals surface area (Å²) in [6.45, 7) is 2.03. The van der Waals surface area contributed by atoms with Gasteiger partial charge >= 0.3 is 5.97 Å². The lowest BCUT2D eigenvalue weighted by Crippen LogP contribution is -2.13. The van der Waals surface area contributed by atoms with Crippen LogP contribution in [-0.4, -0.2) is 17.2 Å². The molecule has 1 aliphatic rings. The molecule has 22 heavy (non-hydrogen) atoms. The Kier molecular flexibility index (Phi) is 4.14. The predicted molar refractivity (Wildman–Crippen MR) is 86.5 cm³/mol. The van der Waals surface area contributed by atoms with Gasteiger partial charge in [-0.1, -0.05) is 35.9 Å². The Balaban J connectivity index is 1.94. The zero-order chi connectivity index (χ0) is 15.5. The molecule has 114 valence electrons. The predicted octanol–water partition coefficient (Wildman–Crippen LogP) is 4.68. The van der Waals surface area contributed by atoms with Crippen LogP contribution in [0.25, 0.3) is 11.1 Å². The molecule has 0 atom stereocenters. The molecule has 0 radical (unpaired) electrons. The number of ether oxygens (including phenoxy) is 1. The Morgan fingerprint density at radius 2 is 1.82 bits per heavy atom. The highest BCUT2D eigenvalue weighted by molar-refractivity contribution is 5.92. The molecular formula is C19H20O3. The fourth-order valence-corrected chi connectivity index (χ4v) is 2.99. The van der Waals surface area contributed by atoms with Crippen molar-refractivity contribution in [3.63, 3.8) is 0 Å². The number of aromatic carboxylic acids is 1. The van der Waals surface area contributed by atoms with E-state index in [0.717, 1.165) is 42.4 Å². The van der Waals surface area contributed by atoms with E-state index >= 15 is 0 Å². The van der Waals surface area contributed by atoms with Crippen LogP contribution in [0.1, 0.15) is 41.6 Å². The highest BCUT2D eigenvalue weighted by Crippen LogP contribution is 2.30. The van der Waals surface area contributed by atoms with Crippen LogP contribution in [0.15, 0.2) is 42.5 Å². The minimum Gasteiger partial charge on any atom is -0.490 e. The molecule has 0 heterocycles. The second-order valence-electron chi connectivity index (χ2n) is 5.91. The van der Waals surface area contributed by atoms with Crippen molar-refractivity contribution in [3.05, 3.63) is 53.6 Å². The van der Waals surface area contributed by atoms with Crippen LogP contribution in [-0.2, 0) is 0 Å². The van der Waals surface area contributed by atoms with Crippen LogP contribution in [0.3, 0.4) is 0 Å². The van der Waals surface area contributed by atoms with E-state index in [1.165, 1.54) is 0 Å². The summed E-state index contributed by atoms with van der Waals surface area (Å²) < 4.78 is 5.90. The average molecular weight is 296 g/mol. The summed E-state index contributed by atoms with van der Waals surface area (Å²) in [7, 11) is 0. The van der Waals surface area contributed by atoms with Gasteiger partial charge in [0.2, 0.25) is 0 Å². The minimum absolute atomic E-state index is 0.155. The lowest BCUT2D eigenvalue weighted by molar-refractivity contribution is 0.0689. The molecule has 3 heteroatoms. The summed E-state index contributed by atoms with van der Waals surface area (Å²) in [4.78, 5) is 11.6. The van der Waals surface area contributed by atoms with Crippen LogP contribution in [0.5, 0.6) is 5.75 Å². The van der Waals surface area contributed by atoms with Gasteiger partial charge in [0.1, 0.15) is 11.3 Å². The number of carboxylic acids is 1. The Bertz CT molecular complexity index is 685. The first-order valence-corrected chi connectivity index (χ1v) is 7.74. The van der Waals surface area contributed by atoms with Crippen molar-refractivity contribution in [2.45, 2.75) is 38.7 Å². The van der Waals surface area contributed by atoms with Crippen molar-refractivity contribution in [2.75, 3.05) is 0 Å². The third kappa shape index (κ3) is 3.14. The molecule has 3 rings (SSSR count). The molecule has 0 aliphatic heterocycles. The van der Waals surface area contributed by atoms with E-state index in [4.69, 9.17) is 4.74 Å². The van der Waals surface area contributed by atoms with Gasteiger partial charge in [-0.3, -0.25) is 0 Å². The maximum absolute atomic E-state index is 11.6. The normalized spacial score (nSPS) is 15.0. The molecule has 1 N–H and O–H groups in total. The molecule has 1 fully saturated rings. The summed E-state index contributed by atoms with van der Waals surface area (Å²) in [6.07, 6.45) is 4.50. The Labute approximate surface area is 130 Å². The van der Waals surface area contributed by atoms with Crippen molar-refractivity contribution in [1.29, 1.82) is 0 Å². The molecule has 1 saturated carbocycles. The van der Waals surface area contributed by atoms with Crippen LogP contribution in [0, 0.1) is 6.92 Å². The van der Waals surface area contributed by atoms with E-state index < -0.39 is 5.97 Å². The highest BCUT2D eigenvalue weighted by atomic mass is 16.5. The van der Waals surface area contributed by atoms with E-state index in [0.29, 0.717) is 5.75 Å². The Hall–Kier alpha value is -2.29. The van der Waals surface area contributed by atoms with Crippen molar-refractivity contribution >= 4 is 5.97 Å². The van der Waals surface area contributed by atoms with Gasteiger partial charge < -0.3 is 9.84 Å². The zero-order valence-electron chi connectivity index (χ0n) is 12.7. The Morgan fingerprint density at radius 3 is 2.50 bits per heavy atom. The number of benzene rings is 2. The maximum atomic E-state index is 11.6. The first-order chi connectivity index (χ1) is 10.6. The summed E-state index contributed by atoms with van der Waals surface area (Å²) in [6, 6.07) is 13.5. The molecule has 3 nitrogen and oxygen atoms in total. The molecule has 2 aromatic carbocycles. The monoisotopic (exact) mass is 296 g/mol. The number of hydrogen-bond acceptors (Lipinski definition) is 2. The van der Waals surface area contributed by atoms with Gasteiger partial charge in [-0.15, -0.1) is 0 Å². The zero-order valence-corrected chi connectivity index (χ0v) is 12.7.